The van der Waals surface area contributed by atoms with Crippen molar-refractivity contribution in [2.75, 3.05) is 60.8 Å². The number of carbonyl (C=O) groups excluding carboxylic acids is 2. The number of hydrogen-bond donors (Lipinski definition) is 2. The van der Waals surface area contributed by atoms with Gasteiger partial charge in [-0.3, -0.25) is 0 Å². The average molecular weight is 757 g/mol. The average Bonchev–Trinajstić information content (AvgIpc) is 3.10. The van der Waals surface area contributed by atoms with Gasteiger partial charge >= 0.3 is 308 Å². The fraction of sp³-hybridized carbons (Fsp3) is 0.947. The van der Waals surface area contributed by atoms with Crippen molar-refractivity contribution in [1.29, 1.82) is 0 Å². The zero-order chi connectivity index (χ0) is 36.4. The van der Waals surface area contributed by atoms with E-state index in [9.17, 15) is 9.59 Å². The van der Waals surface area contributed by atoms with Gasteiger partial charge in [0.1, 0.15) is 0 Å². The van der Waals surface area contributed by atoms with Crippen LogP contribution in [0.4, 0.5) is 0 Å². The van der Waals surface area contributed by atoms with Crippen LogP contribution >= 0.6 is 35.2 Å². The number of carbonyl (C=O) groups is 2. The number of hydrogen-bond acceptors (Lipinski definition) is 8. The molecule has 0 aromatic rings. The Morgan fingerprint density at radius 2 is 0.625 bits per heavy atom. The van der Waals surface area contributed by atoms with Crippen molar-refractivity contribution in [3.8, 4) is 0 Å². The molecule has 0 heterocycles. The Kier molecular flexibility index (Phi) is 26.5. The van der Waals surface area contributed by atoms with Gasteiger partial charge in [-0.05, 0) is 0 Å². The number of nitrogens with two attached hydrogens (primary N) is 2. The van der Waals surface area contributed by atoms with Crippen LogP contribution in [0.15, 0.2) is 0 Å². The van der Waals surface area contributed by atoms with Crippen LogP contribution in [-0.4, -0.2) is 84.8 Å². The molecule has 290 valence electrons. The van der Waals surface area contributed by atoms with Crippen molar-refractivity contribution in [2.45, 2.75) is 170 Å². The van der Waals surface area contributed by atoms with Gasteiger partial charge in [0.15, 0.2) is 0 Å². The molecule has 48 heavy (non-hydrogen) atoms. The summed E-state index contributed by atoms with van der Waals surface area (Å²) in [5, 5.41) is 0. The van der Waals surface area contributed by atoms with E-state index in [1.165, 1.54) is 21.6 Å². The summed E-state index contributed by atoms with van der Waals surface area (Å²) < 4.78 is 13.7. The normalized spacial score (nSPS) is 15.2. The molecule has 2 atom stereocenters. The van der Waals surface area contributed by atoms with Crippen molar-refractivity contribution < 1.29 is 18.6 Å². The monoisotopic (exact) mass is 757 g/mol. The molecule has 0 saturated carbocycles. The molecular formula is C38H82N2O4P2S2. The third-order valence-corrected chi connectivity index (χ3v) is 25.9. The van der Waals surface area contributed by atoms with Crippen LogP contribution in [0.1, 0.15) is 158 Å². The topological polar surface area (TPSA) is 105 Å². The van der Waals surface area contributed by atoms with E-state index in [4.69, 9.17) is 20.5 Å². The third kappa shape index (κ3) is 16.8. The standard InChI is InChI=1S/C38H82N2O4P2S2/c1-9-17-25-45(26-18-10-2,27-19-11-3,28-20-12-4)43-37(41)35(39)33-47-48-34-36(40)38(42)44-46(29-21-13-5,30-22-14-6,31-23-15-7)32-24-16-8/h35-36H,9-34,39-40H2,1-8H3/t35-,36-/m1/s1. The summed E-state index contributed by atoms with van der Waals surface area (Å²) in [7, 11) is 3.07. The van der Waals surface area contributed by atoms with Crippen LogP contribution in [0.5, 0.6) is 0 Å². The quantitative estimate of drug-likeness (QED) is 0.0387. The molecule has 0 radical (unpaired) electrons. The Hall–Kier alpha value is 0.420. The van der Waals surface area contributed by atoms with Crippen LogP contribution in [0, 0.1) is 0 Å². The Morgan fingerprint density at radius 1 is 0.438 bits per heavy atom. The summed E-state index contributed by atoms with van der Waals surface area (Å²) in [6.45, 7) is 12.4. The number of unbranched alkanes of at least 4 members (excludes halogenated alkanes) is 8. The van der Waals surface area contributed by atoms with Crippen LogP contribution in [-0.2, 0) is 18.6 Å². The summed E-state index contributed by atoms with van der Waals surface area (Å²) in [5.41, 5.74) is 13.1. The van der Waals surface area contributed by atoms with Gasteiger partial charge < -0.3 is 0 Å². The fourth-order valence-corrected chi connectivity index (χ4v) is 23.0. The molecule has 0 fully saturated rings. The van der Waals surface area contributed by atoms with E-state index < -0.39 is 25.7 Å². The molecule has 4 N–H and O–H groups in total. The van der Waals surface area contributed by atoms with E-state index in [0.29, 0.717) is 11.5 Å². The summed E-state index contributed by atoms with van der Waals surface area (Å²) >= 11 is 0. The first-order valence-electron chi connectivity index (χ1n) is 20.2. The molecule has 0 spiro atoms. The number of rotatable bonds is 33. The van der Waals surface area contributed by atoms with Gasteiger partial charge in [-0.15, -0.1) is 0 Å². The third-order valence-electron chi connectivity index (χ3n) is 10.5. The molecule has 0 aliphatic heterocycles. The molecule has 0 saturated heterocycles. The van der Waals surface area contributed by atoms with E-state index in [-0.39, 0.29) is 11.9 Å². The van der Waals surface area contributed by atoms with Gasteiger partial charge in [0.2, 0.25) is 0 Å². The van der Waals surface area contributed by atoms with Gasteiger partial charge in [0, 0.05) is 0 Å². The van der Waals surface area contributed by atoms with E-state index in [1.54, 1.807) is 0 Å². The first-order chi connectivity index (χ1) is 22.9. The zero-order valence-electron chi connectivity index (χ0n) is 33.0. The van der Waals surface area contributed by atoms with Crippen LogP contribution in [0.25, 0.3) is 0 Å². The van der Waals surface area contributed by atoms with E-state index in [2.05, 4.69) is 55.4 Å². The molecule has 0 rings (SSSR count). The van der Waals surface area contributed by atoms with Crippen LogP contribution in [0.2, 0.25) is 0 Å². The van der Waals surface area contributed by atoms with E-state index in [0.717, 1.165) is 152 Å². The first kappa shape index (κ1) is 48.4. The van der Waals surface area contributed by atoms with Crippen molar-refractivity contribution in [1.82, 2.24) is 0 Å². The minimum absolute atomic E-state index is 0.222. The second-order valence-electron chi connectivity index (χ2n) is 14.9. The SMILES string of the molecule is CCCCP(CCCC)(CCCC)(CCCC)OC(=O)[C@H](N)CSSC[C@@H](N)C(=O)OP(CCCC)(CCCC)(CCCC)CCCC. The maximum absolute atomic E-state index is 13.8. The minimum atomic E-state index is -2.73. The van der Waals surface area contributed by atoms with Crippen molar-refractivity contribution >= 4 is 47.2 Å². The zero-order valence-corrected chi connectivity index (χ0v) is 36.5. The second kappa shape index (κ2) is 26.2. The van der Waals surface area contributed by atoms with Gasteiger partial charge in [-0.2, -0.15) is 0 Å². The molecule has 0 unspecified atom stereocenters. The van der Waals surface area contributed by atoms with Gasteiger partial charge in [-0.25, -0.2) is 0 Å². The predicted octanol–water partition coefficient (Wildman–Crippen LogP) is 11.4. The second-order valence-corrected chi connectivity index (χ2v) is 28.9. The molecular weight excluding hydrogens is 675 g/mol. The van der Waals surface area contributed by atoms with Crippen LogP contribution < -0.4 is 11.5 Å². The first-order valence-corrected chi connectivity index (χ1v) is 28.5. The van der Waals surface area contributed by atoms with Crippen LogP contribution in [0.3, 0.4) is 0 Å². The molecule has 0 aromatic carbocycles. The fourth-order valence-electron chi connectivity index (χ4n) is 7.19. The van der Waals surface area contributed by atoms with E-state index in [1.807, 2.05) is 0 Å². The van der Waals surface area contributed by atoms with Gasteiger partial charge in [0.25, 0.3) is 0 Å². The summed E-state index contributed by atoms with van der Waals surface area (Å²) in [6.07, 6.45) is 26.0. The van der Waals surface area contributed by atoms with Gasteiger partial charge in [0.05, 0.1) is 0 Å². The van der Waals surface area contributed by atoms with Gasteiger partial charge in [-0.1, -0.05) is 0 Å². The molecule has 0 aliphatic carbocycles. The molecule has 0 aromatic heterocycles. The molecule has 0 amide bonds. The Labute approximate surface area is 307 Å². The summed E-state index contributed by atoms with van der Waals surface area (Å²) in [5.74, 6) is 0.445. The molecule has 10 heteroatoms. The van der Waals surface area contributed by atoms with Crippen molar-refractivity contribution in [3.05, 3.63) is 0 Å². The Balaban J connectivity index is 5.73. The molecule has 0 bridgehead atoms. The van der Waals surface area contributed by atoms with Crippen molar-refractivity contribution in [3.63, 3.8) is 0 Å². The maximum atomic E-state index is 13.8. The molecule has 0 aliphatic rings. The predicted molar refractivity (Wildman–Crippen MR) is 225 cm³/mol. The Morgan fingerprint density at radius 3 is 0.792 bits per heavy atom. The summed E-state index contributed by atoms with van der Waals surface area (Å²) in [4.78, 5) is 27.5. The summed E-state index contributed by atoms with van der Waals surface area (Å²) in [6, 6.07) is -1.37. The van der Waals surface area contributed by atoms with E-state index >= 15 is 0 Å². The molecule has 6 nitrogen and oxygen atoms in total. The Bertz CT molecular complexity index is 712. The van der Waals surface area contributed by atoms with Crippen molar-refractivity contribution in [2.24, 2.45) is 11.5 Å².